The third-order valence-corrected chi connectivity index (χ3v) is 5.83. The normalized spacial score (nSPS) is 14.2. The summed E-state index contributed by atoms with van der Waals surface area (Å²) >= 11 is 0. The van der Waals surface area contributed by atoms with Crippen LogP contribution in [0.5, 0.6) is 0 Å². The van der Waals surface area contributed by atoms with Crippen LogP contribution in [0.15, 0.2) is 48.5 Å². The lowest BCUT2D eigenvalue weighted by Gasteiger charge is -2.28. The largest absolute Gasteiger partial charge is 0.480 e. The molecule has 2 unspecified atom stereocenters. The summed E-state index contributed by atoms with van der Waals surface area (Å²) in [6.07, 6.45) is -0.0959. The number of carboxylic acids is 1. The van der Waals surface area contributed by atoms with Crippen LogP contribution in [-0.4, -0.2) is 53.7 Å². The minimum absolute atomic E-state index is 0.0758. The molecule has 7 heteroatoms. The monoisotopic (exact) mass is 424 g/mol. The Balaban J connectivity index is 1.66. The second-order valence-corrected chi connectivity index (χ2v) is 7.64. The fourth-order valence-electron chi connectivity index (χ4n) is 4.13. The van der Waals surface area contributed by atoms with Crippen molar-refractivity contribution < 1.29 is 24.2 Å². The Morgan fingerprint density at radius 3 is 2.03 bits per heavy atom. The number of carbonyl (C=O) groups is 3. The maximum atomic E-state index is 12.7. The Morgan fingerprint density at radius 2 is 1.55 bits per heavy atom. The Morgan fingerprint density at radius 1 is 1.00 bits per heavy atom. The van der Waals surface area contributed by atoms with Gasteiger partial charge in [0, 0.05) is 13.0 Å². The maximum Gasteiger partial charge on any atom is 0.407 e. The van der Waals surface area contributed by atoms with Crippen LogP contribution in [0.1, 0.15) is 43.7 Å². The molecule has 1 aliphatic carbocycles. The molecule has 0 aliphatic heterocycles. The van der Waals surface area contributed by atoms with Gasteiger partial charge in [-0.2, -0.15) is 0 Å². The number of amides is 2. The zero-order chi connectivity index (χ0) is 22.5. The van der Waals surface area contributed by atoms with Crippen molar-refractivity contribution in [3.05, 3.63) is 59.7 Å². The number of hydrogen-bond donors (Lipinski definition) is 2. The van der Waals surface area contributed by atoms with Crippen molar-refractivity contribution >= 4 is 18.0 Å². The molecule has 0 bridgehead atoms. The van der Waals surface area contributed by atoms with Crippen LogP contribution in [0.3, 0.4) is 0 Å². The number of aliphatic carboxylic acids is 1. The molecule has 0 fully saturated rings. The predicted octanol–water partition coefficient (Wildman–Crippen LogP) is 3.63. The molecule has 0 aromatic heterocycles. The van der Waals surface area contributed by atoms with Crippen molar-refractivity contribution in [2.24, 2.45) is 0 Å². The number of alkyl carbamates (subject to hydrolysis) is 1. The van der Waals surface area contributed by atoms with Gasteiger partial charge in [0.25, 0.3) is 0 Å². The summed E-state index contributed by atoms with van der Waals surface area (Å²) < 4.78 is 5.50. The molecule has 7 nitrogen and oxygen atoms in total. The fraction of sp³-hybridized carbons (Fsp3) is 0.375. The quantitative estimate of drug-likeness (QED) is 0.675. The zero-order valence-electron chi connectivity index (χ0n) is 18.0. The summed E-state index contributed by atoms with van der Waals surface area (Å²) in [5.41, 5.74) is 4.47. The van der Waals surface area contributed by atoms with Gasteiger partial charge in [-0.15, -0.1) is 0 Å². The Kier molecular flexibility index (Phi) is 6.95. The van der Waals surface area contributed by atoms with Crippen LogP contribution in [-0.2, 0) is 14.3 Å². The maximum absolute atomic E-state index is 12.7. The van der Waals surface area contributed by atoms with Crippen LogP contribution in [0, 0.1) is 0 Å². The smallest absolute Gasteiger partial charge is 0.407 e. The average molecular weight is 424 g/mol. The molecule has 0 radical (unpaired) electrons. The summed E-state index contributed by atoms with van der Waals surface area (Å²) in [5.74, 6) is -1.60. The zero-order valence-corrected chi connectivity index (χ0v) is 18.0. The molecule has 2 N–H and O–H groups in total. The Bertz CT molecular complexity index is 928. The fourth-order valence-corrected chi connectivity index (χ4v) is 4.13. The van der Waals surface area contributed by atoms with Crippen LogP contribution in [0.25, 0.3) is 11.1 Å². The van der Waals surface area contributed by atoms with Crippen molar-refractivity contribution in [2.45, 2.75) is 44.7 Å². The van der Waals surface area contributed by atoms with Crippen molar-refractivity contribution in [3.8, 4) is 11.1 Å². The molecule has 2 amide bonds. The van der Waals surface area contributed by atoms with E-state index in [0.29, 0.717) is 6.42 Å². The van der Waals surface area contributed by atoms with E-state index < -0.39 is 30.1 Å². The lowest BCUT2D eigenvalue weighted by Crippen LogP contribution is -2.52. The number of fused-ring (bicyclic) bond motifs is 3. The van der Waals surface area contributed by atoms with E-state index in [2.05, 4.69) is 17.4 Å². The molecule has 0 saturated heterocycles. The first kappa shape index (κ1) is 22.3. The number of carboxylic acid groups (broad SMARTS) is 1. The number of hydrogen-bond acceptors (Lipinski definition) is 4. The third kappa shape index (κ3) is 4.55. The summed E-state index contributed by atoms with van der Waals surface area (Å²) in [4.78, 5) is 37.7. The molecular formula is C24H28N2O5. The molecule has 0 heterocycles. The molecule has 0 saturated carbocycles. The number of nitrogens with zero attached hydrogens (tertiary/aromatic N) is 1. The van der Waals surface area contributed by atoms with Crippen LogP contribution in [0.4, 0.5) is 4.79 Å². The molecule has 2 aromatic carbocycles. The van der Waals surface area contributed by atoms with E-state index in [1.54, 1.807) is 13.8 Å². The lowest BCUT2D eigenvalue weighted by molar-refractivity contribution is -0.149. The minimum Gasteiger partial charge on any atom is -0.480 e. The second kappa shape index (κ2) is 9.64. The number of nitrogens with one attached hydrogen (secondary N) is 1. The highest BCUT2D eigenvalue weighted by atomic mass is 16.5. The molecule has 3 rings (SSSR count). The average Bonchev–Trinajstić information content (AvgIpc) is 3.09. The van der Waals surface area contributed by atoms with E-state index in [0.717, 1.165) is 22.3 Å². The van der Waals surface area contributed by atoms with Gasteiger partial charge in [-0.3, -0.25) is 4.79 Å². The standard InChI is InChI=1S/C24H28N2O5/c1-4-20(22(27)26(3)21(5-2)23(28)29)25-24(30)31-14-19-17-12-8-6-10-15(17)16-11-7-9-13-18(16)19/h6-13,19-21H,4-5,14H2,1-3H3,(H,25,30)(H,28,29). The molecule has 0 spiro atoms. The molecule has 2 aromatic rings. The highest BCUT2D eigenvalue weighted by molar-refractivity contribution is 5.89. The van der Waals surface area contributed by atoms with Crippen LogP contribution < -0.4 is 5.32 Å². The van der Waals surface area contributed by atoms with E-state index in [-0.39, 0.29) is 18.9 Å². The number of ether oxygens (including phenoxy) is 1. The van der Waals surface area contributed by atoms with Crippen molar-refractivity contribution in [2.75, 3.05) is 13.7 Å². The summed E-state index contributed by atoms with van der Waals surface area (Å²) in [7, 11) is 1.44. The van der Waals surface area contributed by atoms with Gasteiger partial charge in [0.2, 0.25) is 5.91 Å². The van der Waals surface area contributed by atoms with Crippen molar-refractivity contribution in [1.29, 1.82) is 0 Å². The molecule has 1 aliphatic rings. The molecule has 164 valence electrons. The molecular weight excluding hydrogens is 396 g/mol. The Labute approximate surface area is 182 Å². The van der Waals surface area contributed by atoms with E-state index in [1.807, 2.05) is 36.4 Å². The number of carbonyl (C=O) groups excluding carboxylic acids is 2. The van der Waals surface area contributed by atoms with Gasteiger partial charge in [-0.25, -0.2) is 9.59 Å². The summed E-state index contributed by atoms with van der Waals surface area (Å²) in [6.45, 7) is 3.59. The topological polar surface area (TPSA) is 95.9 Å². The SMILES string of the molecule is CCC(NC(=O)OCC1c2ccccc2-c2ccccc21)C(=O)N(C)C(CC)C(=O)O. The van der Waals surface area contributed by atoms with Gasteiger partial charge in [0.05, 0.1) is 0 Å². The third-order valence-electron chi connectivity index (χ3n) is 5.83. The first-order valence-corrected chi connectivity index (χ1v) is 10.5. The first-order chi connectivity index (χ1) is 14.9. The molecule has 31 heavy (non-hydrogen) atoms. The second-order valence-electron chi connectivity index (χ2n) is 7.64. The number of rotatable bonds is 8. The van der Waals surface area contributed by atoms with Gasteiger partial charge in [-0.1, -0.05) is 62.4 Å². The van der Waals surface area contributed by atoms with Crippen molar-refractivity contribution in [1.82, 2.24) is 10.2 Å². The van der Waals surface area contributed by atoms with Gasteiger partial charge in [0.1, 0.15) is 18.7 Å². The summed E-state index contributed by atoms with van der Waals surface area (Å²) in [6, 6.07) is 14.3. The number of benzene rings is 2. The first-order valence-electron chi connectivity index (χ1n) is 10.5. The van der Waals surface area contributed by atoms with E-state index in [4.69, 9.17) is 4.74 Å². The van der Waals surface area contributed by atoms with Gasteiger partial charge >= 0.3 is 12.1 Å². The highest BCUT2D eigenvalue weighted by Crippen LogP contribution is 2.44. The van der Waals surface area contributed by atoms with E-state index in [9.17, 15) is 19.5 Å². The highest BCUT2D eigenvalue weighted by Gasteiger charge is 2.32. The van der Waals surface area contributed by atoms with Crippen molar-refractivity contribution in [3.63, 3.8) is 0 Å². The predicted molar refractivity (Wildman–Crippen MR) is 117 cm³/mol. The summed E-state index contributed by atoms with van der Waals surface area (Å²) in [5, 5.41) is 11.9. The lowest BCUT2D eigenvalue weighted by atomic mass is 9.98. The van der Waals surface area contributed by atoms with Crippen LogP contribution >= 0.6 is 0 Å². The van der Waals surface area contributed by atoms with Gasteiger partial charge < -0.3 is 20.1 Å². The van der Waals surface area contributed by atoms with E-state index >= 15 is 0 Å². The minimum atomic E-state index is -1.07. The Hall–Kier alpha value is -3.35. The van der Waals surface area contributed by atoms with Gasteiger partial charge in [0.15, 0.2) is 0 Å². The van der Waals surface area contributed by atoms with Crippen LogP contribution in [0.2, 0.25) is 0 Å². The van der Waals surface area contributed by atoms with E-state index in [1.165, 1.54) is 11.9 Å². The number of likely N-dealkylation sites (N-methyl/N-ethyl adjacent to an activating group) is 1. The molecule has 2 atom stereocenters. The van der Waals surface area contributed by atoms with Gasteiger partial charge in [-0.05, 0) is 35.1 Å².